The molecule has 0 aromatic carbocycles. The van der Waals surface area contributed by atoms with Crippen molar-refractivity contribution in [2.75, 3.05) is 13.1 Å². The molecule has 2 amide bonds. The van der Waals surface area contributed by atoms with E-state index in [9.17, 15) is 9.59 Å². The van der Waals surface area contributed by atoms with Crippen molar-refractivity contribution in [3.63, 3.8) is 0 Å². The van der Waals surface area contributed by atoms with Gasteiger partial charge in [0.05, 0.1) is 4.88 Å². The Labute approximate surface area is 135 Å². The second-order valence-electron chi connectivity index (χ2n) is 5.08. The maximum absolute atomic E-state index is 11.8. The third-order valence-corrected chi connectivity index (χ3v) is 4.56. The fraction of sp³-hybridized carbons (Fsp3) is 0.571. The van der Waals surface area contributed by atoms with E-state index in [2.05, 4.69) is 10.6 Å². The van der Waals surface area contributed by atoms with Crippen molar-refractivity contribution in [3.05, 3.63) is 22.4 Å². The summed E-state index contributed by atoms with van der Waals surface area (Å²) < 4.78 is 0. The summed E-state index contributed by atoms with van der Waals surface area (Å²) in [5, 5.41) is 7.63. The van der Waals surface area contributed by atoms with Crippen LogP contribution < -0.4 is 16.4 Å². The highest BCUT2D eigenvalue weighted by Crippen LogP contribution is 2.24. The predicted molar refractivity (Wildman–Crippen MR) is 86.8 cm³/mol. The minimum Gasteiger partial charge on any atom is -0.353 e. The molecule has 1 aromatic rings. The van der Waals surface area contributed by atoms with Gasteiger partial charge in [0.15, 0.2) is 0 Å². The number of halogens is 1. The fourth-order valence-electron chi connectivity index (χ4n) is 2.57. The number of hydrogen-bond donors (Lipinski definition) is 3. The van der Waals surface area contributed by atoms with Crippen LogP contribution in [0.2, 0.25) is 0 Å². The van der Waals surface area contributed by atoms with Crippen LogP contribution in [0.1, 0.15) is 35.4 Å². The first kappa shape index (κ1) is 17.9. The van der Waals surface area contributed by atoms with Crippen LogP contribution in [-0.4, -0.2) is 30.9 Å². The fourth-order valence-corrected chi connectivity index (χ4v) is 3.21. The average molecular weight is 332 g/mol. The van der Waals surface area contributed by atoms with E-state index in [1.54, 1.807) is 6.07 Å². The molecule has 0 aliphatic heterocycles. The first-order chi connectivity index (χ1) is 9.70. The molecule has 0 spiro atoms. The van der Waals surface area contributed by atoms with E-state index in [1.165, 1.54) is 11.3 Å². The van der Waals surface area contributed by atoms with E-state index < -0.39 is 0 Å². The van der Waals surface area contributed by atoms with Gasteiger partial charge in [0.1, 0.15) is 0 Å². The molecule has 118 valence electrons. The van der Waals surface area contributed by atoms with Gasteiger partial charge < -0.3 is 16.4 Å². The molecule has 0 saturated heterocycles. The van der Waals surface area contributed by atoms with Crippen LogP contribution in [0, 0.1) is 5.92 Å². The Morgan fingerprint density at radius 1 is 1.38 bits per heavy atom. The third-order valence-electron chi connectivity index (χ3n) is 3.69. The van der Waals surface area contributed by atoms with Gasteiger partial charge in [0.25, 0.3) is 5.91 Å². The molecule has 0 bridgehead atoms. The minimum atomic E-state index is -0.117. The van der Waals surface area contributed by atoms with Gasteiger partial charge in [-0.3, -0.25) is 9.59 Å². The van der Waals surface area contributed by atoms with Crippen molar-refractivity contribution < 1.29 is 9.59 Å². The minimum absolute atomic E-state index is 0. The number of amides is 2. The molecule has 1 aromatic heterocycles. The van der Waals surface area contributed by atoms with Gasteiger partial charge in [0, 0.05) is 19.0 Å². The zero-order chi connectivity index (χ0) is 14.4. The largest absolute Gasteiger partial charge is 0.353 e. The van der Waals surface area contributed by atoms with Crippen molar-refractivity contribution >= 4 is 35.6 Å². The van der Waals surface area contributed by atoms with Crippen LogP contribution in [0.25, 0.3) is 0 Å². The molecule has 5 nitrogen and oxygen atoms in total. The number of nitrogens with two attached hydrogens (primary N) is 1. The summed E-state index contributed by atoms with van der Waals surface area (Å²) in [4.78, 5) is 24.2. The Morgan fingerprint density at radius 3 is 2.86 bits per heavy atom. The van der Waals surface area contributed by atoms with E-state index in [4.69, 9.17) is 5.73 Å². The number of hydrogen-bond acceptors (Lipinski definition) is 4. The molecule has 2 unspecified atom stereocenters. The average Bonchev–Trinajstić information content (AvgIpc) is 3.09. The van der Waals surface area contributed by atoms with E-state index >= 15 is 0 Å². The summed E-state index contributed by atoms with van der Waals surface area (Å²) in [5.41, 5.74) is 5.69. The molecule has 21 heavy (non-hydrogen) atoms. The van der Waals surface area contributed by atoms with Crippen molar-refractivity contribution in [3.8, 4) is 0 Å². The standard InChI is InChI=1S/C14H21N3O2S.ClH/c15-9-10-3-1-4-11(10)17-13(18)6-7-16-14(19)12-5-2-8-20-12;/h2,5,8,10-11H,1,3-4,6-7,9,15H2,(H,16,19)(H,17,18);1H. The molecule has 4 N–H and O–H groups in total. The lowest BCUT2D eigenvalue weighted by atomic mass is 10.0. The van der Waals surface area contributed by atoms with Crippen LogP contribution in [-0.2, 0) is 4.79 Å². The van der Waals surface area contributed by atoms with Crippen LogP contribution in [0.4, 0.5) is 0 Å². The number of thiophene rings is 1. The van der Waals surface area contributed by atoms with E-state index in [0.717, 1.165) is 19.3 Å². The topological polar surface area (TPSA) is 84.2 Å². The van der Waals surface area contributed by atoms with Crippen molar-refractivity contribution in [1.82, 2.24) is 10.6 Å². The van der Waals surface area contributed by atoms with Gasteiger partial charge in [-0.2, -0.15) is 0 Å². The Bertz CT molecular complexity index is 453. The Balaban J connectivity index is 0.00000220. The molecule has 1 fully saturated rings. The smallest absolute Gasteiger partial charge is 0.261 e. The molecule has 2 atom stereocenters. The maximum atomic E-state index is 11.8. The van der Waals surface area contributed by atoms with Gasteiger partial charge in [-0.05, 0) is 36.8 Å². The molecule has 1 saturated carbocycles. The zero-order valence-electron chi connectivity index (χ0n) is 11.8. The Morgan fingerprint density at radius 2 is 2.19 bits per heavy atom. The summed E-state index contributed by atoms with van der Waals surface area (Å²) >= 11 is 1.39. The first-order valence-electron chi connectivity index (χ1n) is 7.02. The van der Waals surface area contributed by atoms with Gasteiger partial charge >= 0.3 is 0 Å². The van der Waals surface area contributed by atoms with Crippen LogP contribution in [0.15, 0.2) is 17.5 Å². The molecule has 1 aliphatic carbocycles. The monoisotopic (exact) mass is 331 g/mol. The molecular formula is C14H22ClN3O2S. The summed E-state index contributed by atoms with van der Waals surface area (Å²) in [6.07, 6.45) is 3.54. The molecule has 7 heteroatoms. The number of rotatable bonds is 6. The quantitative estimate of drug-likeness (QED) is 0.739. The van der Waals surface area contributed by atoms with Crippen LogP contribution in [0.5, 0.6) is 0 Å². The molecule has 0 radical (unpaired) electrons. The number of carbonyl (C=O) groups is 2. The SMILES string of the molecule is Cl.NCC1CCCC1NC(=O)CCNC(=O)c1cccs1. The van der Waals surface area contributed by atoms with E-state index in [-0.39, 0.29) is 30.3 Å². The van der Waals surface area contributed by atoms with Crippen molar-refractivity contribution in [2.24, 2.45) is 11.7 Å². The molecule has 1 aliphatic rings. The zero-order valence-corrected chi connectivity index (χ0v) is 13.5. The van der Waals surface area contributed by atoms with Gasteiger partial charge in [-0.25, -0.2) is 0 Å². The van der Waals surface area contributed by atoms with E-state index in [0.29, 0.717) is 30.3 Å². The summed E-state index contributed by atoms with van der Waals surface area (Å²) in [6.45, 7) is 0.989. The van der Waals surface area contributed by atoms with Gasteiger partial charge in [-0.1, -0.05) is 12.5 Å². The van der Waals surface area contributed by atoms with Crippen molar-refractivity contribution in [2.45, 2.75) is 31.7 Å². The lowest BCUT2D eigenvalue weighted by molar-refractivity contribution is -0.121. The molecular weight excluding hydrogens is 310 g/mol. The van der Waals surface area contributed by atoms with E-state index in [1.807, 2.05) is 11.4 Å². The van der Waals surface area contributed by atoms with Crippen molar-refractivity contribution in [1.29, 1.82) is 0 Å². The lowest BCUT2D eigenvalue weighted by Gasteiger charge is -2.19. The number of carbonyl (C=O) groups excluding carboxylic acids is 2. The maximum Gasteiger partial charge on any atom is 0.261 e. The van der Waals surface area contributed by atoms with Gasteiger partial charge in [0.2, 0.25) is 5.91 Å². The lowest BCUT2D eigenvalue weighted by Crippen LogP contribution is -2.41. The highest BCUT2D eigenvalue weighted by Gasteiger charge is 2.27. The highest BCUT2D eigenvalue weighted by atomic mass is 35.5. The normalized spacial score (nSPS) is 20.6. The number of nitrogens with one attached hydrogen (secondary N) is 2. The Hall–Kier alpha value is -1.11. The van der Waals surface area contributed by atoms with Gasteiger partial charge in [-0.15, -0.1) is 23.7 Å². The third kappa shape index (κ3) is 5.30. The summed E-state index contributed by atoms with van der Waals surface area (Å²) in [7, 11) is 0. The summed E-state index contributed by atoms with van der Waals surface area (Å²) in [6, 6.07) is 3.81. The predicted octanol–water partition coefficient (Wildman–Crippen LogP) is 1.53. The second kappa shape index (κ2) is 9.02. The van der Waals surface area contributed by atoms with Crippen LogP contribution in [0.3, 0.4) is 0 Å². The second-order valence-corrected chi connectivity index (χ2v) is 6.03. The molecule has 1 heterocycles. The summed E-state index contributed by atoms with van der Waals surface area (Å²) in [5.74, 6) is 0.273. The Kier molecular flexibility index (Phi) is 7.71. The first-order valence-corrected chi connectivity index (χ1v) is 7.90. The highest BCUT2D eigenvalue weighted by molar-refractivity contribution is 7.12. The molecule has 2 rings (SSSR count). The van der Waals surface area contributed by atoms with Crippen LogP contribution >= 0.6 is 23.7 Å².